The molecule has 0 saturated carbocycles. The van der Waals surface area contributed by atoms with Gasteiger partial charge in [-0.1, -0.05) is 24.3 Å². The molecule has 0 aliphatic carbocycles. The van der Waals surface area contributed by atoms with Crippen LogP contribution < -0.4 is 15.4 Å². The summed E-state index contributed by atoms with van der Waals surface area (Å²) in [6, 6.07) is 13.4. The molecule has 2 aromatic rings. The van der Waals surface area contributed by atoms with Gasteiger partial charge in [0, 0.05) is 16.1 Å². The summed E-state index contributed by atoms with van der Waals surface area (Å²) in [6.45, 7) is 1.99. The largest absolute Gasteiger partial charge is 0.494 e. The van der Waals surface area contributed by atoms with E-state index in [1.54, 1.807) is 30.0 Å². The first-order valence-electron chi connectivity index (χ1n) is 10.2. The van der Waals surface area contributed by atoms with Crippen molar-refractivity contribution in [2.24, 2.45) is 0 Å². The first-order chi connectivity index (χ1) is 15.5. The van der Waals surface area contributed by atoms with Crippen molar-refractivity contribution in [2.75, 3.05) is 31.3 Å². The van der Waals surface area contributed by atoms with Gasteiger partial charge in [-0.25, -0.2) is 9.59 Å². The number of cyclic esters (lactones) is 1. The smallest absolute Gasteiger partial charge is 0.338 e. The summed E-state index contributed by atoms with van der Waals surface area (Å²) in [5, 5.41) is 5.64. The molecule has 2 aliphatic rings. The molecule has 4 rings (SSSR count). The predicted molar refractivity (Wildman–Crippen MR) is 120 cm³/mol. The minimum absolute atomic E-state index is 0.0653. The Kier molecular flexibility index (Phi) is 6.36. The van der Waals surface area contributed by atoms with E-state index in [1.165, 1.54) is 4.90 Å². The van der Waals surface area contributed by atoms with Crippen LogP contribution in [0.4, 0.5) is 10.5 Å². The second kappa shape index (κ2) is 9.35. The highest BCUT2D eigenvalue weighted by molar-refractivity contribution is 7.98. The molecule has 3 amide bonds. The van der Waals surface area contributed by atoms with Crippen LogP contribution in [0.25, 0.3) is 0 Å². The zero-order valence-electron chi connectivity index (χ0n) is 17.7. The number of nitrogens with zero attached hydrogens (tertiary/aromatic N) is 1. The molecule has 0 aromatic heterocycles. The number of rotatable bonds is 7. The van der Waals surface area contributed by atoms with Gasteiger partial charge in [-0.05, 0) is 37.4 Å². The van der Waals surface area contributed by atoms with E-state index >= 15 is 0 Å². The van der Waals surface area contributed by atoms with Crippen molar-refractivity contribution >= 4 is 35.4 Å². The monoisotopic (exact) mass is 453 g/mol. The minimum Gasteiger partial charge on any atom is -0.494 e. The van der Waals surface area contributed by atoms with Crippen LogP contribution in [0.15, 0.2) is 64.7 Å². The SMILES string of the molecule is CCOc1ccccc1C1NC(=O)N(CC(=O)Nc2cccc(SC)c2)C2=C1C(=O)OC2. The average molecular weight is 454 g/mol. The highest BCUT2D eigenvalue weighted by atomic mass is 32.2. The third-order valence-corrected chi connectivity index (χ3v) is 5.91. The molecule has 1 unspecified atom stereocenters. The Morgan fingerprint density at radius 3 is 2.84 bits per heavy atom. The van der Waals surface area contributed by atoms with E-state index in [9.17, 15) is 14.4 Å². The molecule has 1 atom stereocenters. The molecule has 9 heteroatoms. The summed E-state index contributed by atoms with van der Waals surface area (Å²) >= 11 is 1.56. The van der Waals surface area contributed by atoms with Crippen LogP contribution in [0.3, 0.4) is 0 Å². The lowest BCUT2D eigenvalue weighted by Gasteiger charge is -2.33. The van der Waals surface area contributed by atoms with Crippen LogP contribution in [-0.4, -0.2) is 48.8 Å². The molecule has 2 heterocycles. The number of amides is 3. The summed E-state index contributed by atoms with van der Waals surface area (Å²) in [4.78, 5) is 40.5. The van der Waals surface area contributed by atoms with E-state index < -0.39 is 18.0 Å². The van der Waals surface area contributed by atoms with Crippen LogP contribution in [0, 0.1) is 0 Å². The number of benzene rings is 2. The molecule has 2 N–H and O–H groups in total. The third kappa shape index (κ3) is 4.29. The maximum Gasteiger partial charge on any atom is 0.338 e. The van der Waals surface area contributed by atoms with E-state index in [1.807, 2.05) is 43.5 Å². The number of para-hydroxylation sites is 1. The van der Waals surface area contributed by atoms with E-state index in [0.29, 0.717) is 34.9 Å². The lowest BCUT2D eigenvalue weighted by molar-refractivity contribution is -0.136. The van der Waals surface area contributed by atoms with Crippen molar-refractivity contribution in [1.29, 1.82) is 0 Å². The van der Waals surface area contributed by atoms with E-state index in [-0.39, 0.29) is 19.1 Å². The zero-order valence-corrected chi connectivity index (χ0v) is 18.5. The molecule has 0 spiro atoms. The summed E-state index contributed by atoms with van der Waals surface area (Å²) in [7, 11) is 0. The summed E-state index contributed by atoms with van der Waals surface area (Å²) in [5.74, 6) is -0.320. The topological polar surface area (TPSA) is 97.0 Å². The first kappa shape index (κ1) is 21.8. The van der Waals surface area contributed by atoms with E-state index in [2.05, 4.69) is 10.6 Å². The number of hydrogen-bond donors (Lipinski definition) is 2. The van der Waals surface area contributed by atoms with Crippen LogP contribution in [0.2, 0.25) is 0 Å². The van der Waals surface area contributed by atoms with Gasteiger partial charge in [0.05, 0.1) is 23.9 Å². The molecule has 32 heavy (non-hydrogen) atoms. The molecular formula is C23H23N3O5S. The molecule has 0 bridgehead atoms. The second-order valence-corrected chi connectivity index (χ2v) is 8.04. The fourth-order valence-electron chi connectivity index (χ4n) is 3.76. The van der Waals surface area contributed by atoms with Gasteiger partial charge >= 0.3 is 12.0 Å². The number of hydrogen-bond acceptors (Lipinski definition) is 6. The average Bonchev–Trinajstić information content (AvgIpc) is 3.18. The summed E-state index contributed by atoms with van der Waals surface area (Å²) < 4.78 is 10.9. The van der Waals surface area contributed by atoms with Crippen LogP contribution in [0.5, 0.6) is 5.75 Å². The van der Waals surface area contributed by atoms with Crippen molar-refractivity contribution in [1.82, 2.24) is 10.2 Å². The second-order valence-electron chi connectivity index (χ2n) is 7.16. The van der Waals surface area contributed by atoms with Gasteiger partial charge in [0.2, 0.25) is 5.91 Å². The maximum atomic E-state index is 13.0. The number of urea groups is 1. The highest BCUT2D eigenvalue weighted by Crippen LogP contribution is 2.38. The Balaban J connectivity index is 1.60. The van der Waals surface area contributed by atoms with Crippen molar-refractivity contribution in [3.05, 3.63) is 65.4 Å². The van der Waals surface area contributed by atoms with Crippen molar-refractivity contribution in [3.63, 3.8) is 0 Å². The Morgan fingerprint density at radius 2 is 2.06 bits per heavy atom. The lowest BCUT2D eigenvalue weighted by atomic mass is 9.95. The molecule has 0 saturated heterocycles. The van der Waals surface area contributed by atoms with Crippen LogP contribution in [0.1, 0.15) is 18.5 Å². The fourth-order valence-corrected chi connectivity index (χ4v) is 4.22. The van der Waals surface area contributed by atoms with E-state index in [4.69, 9.17) is 9.47 Å². The number of esters is 1. The molecule has 8 nitrogen and oxygen atoms in total. The number of ether oxygens (including phenoxy) is 2. The number of nitrogens with one attached hydrogen (secondary N) is 2. The quantitative estimate of drug-likeness (QED) is 0.493. The number of carbonyl (C=O) groups excluding carboxylic acids is 3. The lowest BCUT2D eigenvalue weighted by Crippen LogP contribution is -2.49. The molecule has 2 aromatic carbocycles. The fraction of sp³-hybridized carbons (Fsp3) is 0.261. The molecule has 0 fully saturated rings. The third-order valence-electron chi connectivity index (χ3n) is 5.18. The van der Waals surface area contributed by atoms with Crippen molar-refractivity contribution in [3.8, 4) is 5.75 Å². The summed E-state index contributed by atoms with van der Waals surface area (Å²) in [6.07, 6.45) is 1.95. The highest BCUT2D eigenvalue weighted by Gasteiger charge is 2.43. The Bertz CT molecular complexity index is 1100. The van der Waals surface area contributed by atoms with Crippen LogP contribution in [-0.2, 0) is 14.3 Å². The minimum atomic E-state index is -0.715. The zero-order chi connectivity index (χ0) is 22.7. The number of anilines is 1. The molecule has 2 aliphatic heterocycles. The van der Waals surface area contributed by atoms with Crippen molar-refractivity contribution < 1.29 is 23.9 Å². The Labute approximate surface area is 189 Å². The molecular weight excluding hydrogens is 430 g/mol. The van der Waals surface area contributed by atoms with Gasteiger partial charge < -0.3 is 20.1 Å². The normalized spacial score (nSPS) is 17.6. The summed E-state index contributed by atoms with van der Waals surface area (Å²) in [5.41, 5.74) is 2.00. The van der Waals surface area contributed by atoms with Gasteiger partial charge in [-0.2, -0.15) is 0 Å². The standard InChI is InChI=1S/C23H23N3O5S/c1-3-30-18-10-5-4-9-16(18)21-20-17(13-31-22(20)28)26(23(29)25-21)12-19(27)24-14-7-6-8-15(11-14)32-2/h4-11,21H,3,12-13H2,1-2H3,(H,24,27)(H,25,29). The van der Waals surface area contributed by atoms with Gasteiger partial charge in [0.1, 0.15) is 18.9 Å². The van der Waals surface area contributed by atoms with Crippen LogP contribution >= 0.6 is 11.8 Å². The van der Waals surface area contributed by atoms with Gasteiger partial charge in [0.25, 0.3) is 0 Å². The Morgan fingerprint density at radius 1 is 1.25 bits per heavy atom. The van der Waals surface area contributed by atoms with E-state index in [0.717, 1.165) is 4.90 Å². The molecule has 0 radical (unpaired) electrons. The van der Waals surface area contributed by atoms with Gasteiger partial charge in [0.15, 0.2) is 0 Å². The van der Waals surface area contributed by atoms with Crippen molar-refractivity contribution in [2.45, 2.75) is 17.9 Å². The number of carbonyl (C=O) groups is 3. The molecule has 166 valence electrons. The van der Waals surface area contributed by atoms with Gasteiger partial charge in [-0.3, -0.25) is 9.69 Å². The predicted octanol–water partition coefficient (Wildman–Crippen LogP) is 3.32. The van der Waals surface area contributed by atoms with Gasteiger partial charge in [-0.15, -0.1) is 11.8 Å². The first-order valence-corrected chi connectivity index (χ1v) is 11.4. The Hall–Kier alpha value is -3.46. The maximum absolute atomic E-state index is 13.0. The number of thioether (sulfide) groups is 1.